The number of rotatable bonds is 12. The number of hydrogen-bond donors (Lipinski definition) is 3. The summed E-state index contributed by atoms with van der Waals surface area (Å²) in [6.45, 7) is 8.56. The second-order valence-corrected chi connectivity index (χ2v) is 19.7. The molecule has 2 aromatic heterocycles. The monoisotopic (exact) mass is 919 g/mol. The number of allylic oxidation sites excluding steroid dienone is 1. The van der Waals surface area contributed by atoms with Crippen LogP contribution in [0.5, 0.6) is 17.2 Å². The van der Waals surface area contributed by atoms with Crippen molar-refractivity contribution in [3.8, 4) is 17.2 Å². The van der Waals surface area contributed by atoms with Gasteiger partial charge in [-0.25, -0.2) is 22.5 Å². The number of nitro groups is 1. The van der Waals surface area contributed by atoms with Crippen molar-refractivity contribution in [1.82, 2.24) is 19.6 Å². The molecule has 1 aliphatic carbocycles. The summed E-state index contributed by atoms with van der Waals surface area (Å²) in [7, 11) is -4.70. The van der Waals surface area contributed by atoms with E-state index >= 15 is 0 Å². The standard InChI is InChI=1S/C48H47ClFN7O7S/c1-48(2)15-13-33(41(26-48)31-5-7-34(49)8-6-31)28-55-17-19-56(20-18-55)37-11-12-40(43(23-37)64-38-22-32-14-16-51-46(32)52-27-38)47(58)54-65(61,62)39-24-42(57(59)60)45-44(25-39)63-29-36(53-45)21-30-3-9-35(50)10-4-30/h3-12,14,16,22-25,27,36,53H,13,15,17-21,26,28-29H2,1-2H3,(H,51,52)(H,54,58)/t36-/m0/s1. The maximum atomic E-state index is 14.0. The molecule has 3 N–H and O–H groups in total. The first-order chi connectivity index (χ1) is 31.2. The molecule has 9 rings (SSSR count). The molecular weight excluding hydrogens is 873 g/mol. The summed E-state index contributed by atoms with van der Waals surface area (Å²) in [5, 5.41) is 16.9. The third-order valence-corrected chi connectivity index (χ3v) is 13.9. The maximum Gasteiger partial charge on any atom is 0.297 e. The molecule has 2 aliphatic heterocycles. The van der Waals surface area contributed by atoms with Gasteiger partial charge < -0.3 is 24.7 Å². The summed E-state index contributed by atoms with van der Waals surface area (Å²) in [6, 6.07) is 24.2. The number of nitro benzene ring substituents is 1. The molecule has 1 fully saturated rings. The summed E-state index contributed by atoms with van der Waals surface area (Å²) < 4.78 is 55.5. The van der Waals surface area contributed by atoms with Gasteiger partial charge in [0.25, 0.3) is 21.6 Å². The minimum atomic E-state index is -4.70. The van der Waals surface area contributed by atoms with Gasteiger partial charge in [0.05, 0.1) is 27.6 Å². The molecular formula is C48H47ClFN7O7S. The van der Waals surface area contributed by atoms with Crippen LogP contribution < -0.4 is 24.4 Å². The molecule has 6 aromatic rings. The Morgan fingerprint density at radius 2 is 1.80 bits per heavy atom. The van der Waals surface area contributed by atoms with E-state index in [2.05, 4.69) is 55.8 Å². The Balaban J connectivity index is 0.942. The predicted octanol–water partition coefficient (Wildman–Crippen LogP) is 9.38. The van der Waals surface area contributed by atoms with Crippen molar-refractivity contribution in [3.05, 3.63) is 147 Å². The normalized spacial score (nSPS) is 17.5. The summed E-state index contributed by atoms with van der Waals surface area (Å²) in [5.41, 5.74) is 5.84. The second kappa shape index (κ2) is 17.8. The number of amides is 1. The molecule has 1 amide bonds. The summed E-state index contributed by atoms with van der Waals surface area (Å²) in [5.74, 6) is -1.05. The van der Waals surface area contributed by atoms with Crippen LogP contribution in [-0.4, -0.2) is 79.5 Å². The molecule has 1 saturated heterocycles. The lowest BCUT2D eigenvalue weighted by atomic mass is 9.72. The predicted molar refractivity (Wildman–Crippen MR) is 248 cm³/mol. The number of aromatic amines is 1. The van der Waals surface area contributed by atoms with Crippen LogP contribution in [0.4, 0.5) is 21.5 Å². The molecule has 336 valence electrons. The number of carbonyl (C=O) groups excluding carboxylic acids is 1. The molecule has 4 aromatic carbocycles. The highest BCUT2D eigenvalue weighted by atomic mass is 35.5. The van der Waals surface area contributed by atoms with E-state index in [4.69, 9.17) is 21.1 Å². The van der Waals surface area contributed by atoms with Gasteiger partial charge in [0, 0.05) is 73.2 Å². The summed E-state index contributed by atoms with van der Waals surface area (Å²) in [4.78, 5) is 37.2. The highest BCUT2D eigenvalue weighted by Crippen LogP contribution is 2.44. The third-order valence-electron chi connectivity index (χ3n) is 12.3. The number of aromatic nitrogens is 2. The fourth-order valence-electron chi connectivity index (χ4n) is 8.80. The number of pyridine rings is 1. The van der Waals surface area contributed by atoms with Crippen molar-refractivity contribution in [1.29, 1.82) is 0 Å². The van der Waals surface area contributed by atoms with Crippen LogP contribution in [0.3, 0.4) is 0 Å². The van der Waals surface area contributed by atoms with Gasteiger partial charge in [-0.15, -0.1) is 0 Å². The molecule has 14 nitrogen and oxygen atoms in total. The van der Waals surface area contributed by atoms with Gasteiger partial charge in [-0.05, 0) is 96.3 Å². The third kappa shape index (κ3) is 9.79. The number of benzene rings is 4. The summed E-state index contributed by atoms with van der Waals surface area (Å²) >= 11 is 6.24. The van der Waals surface area contributed by atoms with Crippen molar-refractivity contribution in [2.24, 2.45) is 5.41 Å². The zero-order chi connectivity index (χ0) is 45.5. The molecule has 0 unspecified atom stereocenters. The average Bonchev–Trinajstić information content (AvgIpc) is 3.76. The minimum absolute atomic E-state index is 0.00319. The Labute approximate surface area is 380 Å². The van der Waals surface area contributed by atoms with E-state index in [9.17, 15) is 27.7 Å². The first-order valence-corrected chi connectivity index (χ1v) is 23.2. The quantitative estimate of drug-likeness (QED) is 0.0789. The Morgan fingerprint density at radius 1 is 1.03 bits per heavy atom. The number of sulfonamides is 1. The van der Waals surface area contributed by atoms with Crippen LogP contribution in [0.15, 0.2) is 114 Å². The van der Waals surface area contributed by atoms with Crippen molar-refractivity contribution in [2.75, 3.05) is 49.5 Å². The number of halogens is 2. The molecule has 65 heavy (non-hydrogen) atoms. The van der Waals surface area contributed by atoms with E-state index in [0.717, 1.165) is 72.7 Å². The van der Waals surface area contributed by atoms with Gasteiger partial charge in [0.15, 0.2) is 11.4 Å². The lowest BCUT2D eigenvalue weighted by molar-refractivity contribution is -0.384. The largest absolute Gasteiger partial charge is 0.489 e. The van der Waals surface area contributed by atoms with Gasteiger partial charge in [-0.3, -0.25) is 19.8 Å². The molecule has 0 bridgehead atoms. The van der Waals surface area contributed by atoms with Crippen LogP contribution in [0.25, 0.3) is 16.6 Å². The number of piperazine rings is 1. The molecule has 0 saturated carbocycles. The van der Waals surface area contributed by atoms with Crippen molar-refractivity contribution in [3.63, 3.8) is 0 Å². The average molecular weight is 920 g/mol. The van der Waals surface area contributed by atoms with E-state index in [1.807, 2.05) is 18.2 Å². The van der Waals surface area contributed by atoms with Gasteiger partial charge in [0.2, 0.25) is 0 Å². The highest BCUT2D eigenvalue weighted by molar-refractivity contribution is 7.90. The van der Waals surface area contributed by atoms with E-state index in [-0.39, 0.29) is 34.8 Å². The Hall–Kier alpha value is -6.49. The molecule has 3 aliphatic rings. The molecule has 0 spiro atoms. The second-order valence-electron chi connectivity index (χ2n) is 17.6. The number of nitrogens with one attached hydrogen (secondary N) is 3. The number of anilines is 2. The lowest BCUT2D eigenvalue weighted by Crippen LogP contribution is -2.47. The highest BCUT2D eigenvalue weighted by Gasteiger charge is 2.33. The Bertz CT molecular complexity index is 2930. The van der Waals surface area contributed by atoms with Crippen molar-refractivity contribution in [2.45, 2.75) is 50.5 Å². The Morgan fingerprint density at radius 3 is 2.55 bits per heavy atom. The van der Waals surface area contributed by atoms with Gasteiger partial charge >= 0.3 is 0 Å². The number of hydrogen-bond acceptors (Lipinski definition) is 11. The number of fused-ring (bicyclic) bond motifs is 2. The van der Waals surface area contributed by atoms with Crippen LogP contribution in [0.1, 0.15) is 54.6 Å². The van der Waals surface area contributed by atoms with Crippen LogP contribution in [0, 0.1) is 21.3 Å². The molecule has 0 radical (unpaired) electrons. The number of carbonyl (C=O) groups is 1. The van der Waals surface area contributed by atoms with Crippen molar-refractivity contribution >= 4 is 61.2 Å². The van der Waals surface area contributed by atoms with Gasteiger partial charge in [-0.2, -0.15) is 0 Å². The zero-order valence-electron chi connectivity index (χ0n) is 35.8. The van der Waals surface area contributed by atoms with Gasteiger partial charge in [0.1, 0.15) is 29.6 Å². The van der Waals surface area contributed by atoms with Crippen molar-refractivity contribution < 1.29 is 32.0 Å². The zero-order valence-corrected chi connectivity index (χ0v) is 37.3. The minimum Gasteiger partial charge on any atom is -0.489 e. The van der Waals surface area contributed by atoms with E-state index in [0.29, 0.717) is 30.9 Å². The topological polar surface area (TPSA) is 172 Å². The SMILES string of the molecule is CC1(C)CCC(CN2CCN(c3ccc(C(=O)NS(=O)(=O)c4cc5c(c([N+](=O)[O-])c4)N[C@@H](Cc4ccc(F)cc4)CO5)c(Oc4cnc5[nH]ccc5c4)c3)CC2)=C(c2ccc(Cl)cc2)C1. The molecule has 4 heterocycles. The molecule has 1 atom stereocenters. The number of nitrogens with zero attached hydrogens (tertiary/aromatic N) is 4. The van der Waals surface area contributed by atoms with Crippen LogP contribution in [-0.2, 0) is 16.4 Å². The first-order valence-electron chi connectivity index (χ1n) is 21.4. The van der Waals surface area contributed by atoms with Crippen LogP contribution in [0.2, 0.25) is 5.02 Å². The number of H-pyrrole nitrogens is 1. The lowest BCUT2D eigenvalue weighted by Gasteiger charge is -2.39. The molecule has 17 heteroatoms. The van der Waals surface area contributed by atoms with E-state index in [1.54, 1.807) is 36.5 Å². The van der Waals surface area contributed by atoms with Crippen LogP contribution >= 0.6 is 11.6 Å². The first kappa shape index (κ1) is 43.7. The fourth-order valence-corrected chi connectivity index (χ4v) is 9.93. The smallest absolute Gasteiger partial charge is 0.297 e. The van der Waals surface area contributed by atoms with E-state index in [1.165, 1.54) is 41.1 Å². The van der Waals surface area contributed by atoms with Gasteiger partial charge in [-0.1, -0.05) is 55.3 Å². The fraction of sp³-hybridized carbons (Fsp3) is 0.292. The van der Waals surface area contributed by atoms with E-state index < -0.39 is 43.3 Å². The summed E-state index contributed by atoms with van der Waals surface area (Å²) in [6.07, 6.45) is 6.77. The maximum absolute atomic E-state index is 14.0. The number of ether oxygens (including phenoxy) is 2. The Kier molecular flexibility index (Phi) is 12.0.